The van der Waals surface area contributed by atoms with Crippen LogP contribution >= 0.6 is 0 Å². The van der Waals surface area contributed by atoms with Crippen LogP contribution in [-0.2, 0) is 9.59 Å². The largest absolute Gasteiger partial charge is 0.419 e. The van der Waals surface area contributed by atoms with Crippen molar-refractivity contribution in [3.63, 3.8) is 0 Å². The number of hydrogen-bond donors (Lipinski definition) is 0. The quantitative estimate of drug-likeness (QED) is 0.531. The molecule has 1 aliphatic rings. The van der Waals surface area contributed by atoms with Crippen molar-refractivity contribution in [1.82, 2.24) is 9.80 Å². The molecule has 0 unspecified atom stereocenters. The molecule has 0 spiro atoms. The van der Waals surface area contributed by atoms with Crippen molar-refractivity contribution in [3.05, 3.63) is 0 Å². The van der Waals surface area contributed by atoms with Crippen molar-refractivity contribution < 1.29 is 18.4 Å². The number of carbonyl (C=O) groups is 2. The molecule has 1 aliphatic heterocycles. The van der Waals surface area contributed by atoms with E-state index in [2.05, 4.69) is 0 Å². The molecule has 0 atom stereocenters. The lowest BCUT2D eigenvalue weighted by molar-refractivity contribution is -0.211. The lowest BCUT2D eigenvalue weighted by Gasteiger charge is -2.28. The van der Waals surface area contributed by atoms with Gasteiger partial charge in [-0.05, 0) is 12.8 Å². The molecule has 98 valence electrons. The van der Waals surface area contributed by atoms with Crippen molar-refractivity contribution in [3.8, 4) is 0 Å². The first-order valence-electron chi connectivity index (χ1n) is 5.98. The van der Waals surface area contributed by atoms with E-state index in [9.17, 15) is 18.4 Å². The molecule has 0 aromatic carbocycles. The van der Waals surface area contributed by atoms with Crippen LogP contribution in [0.1, 0.15) is 39.5 Å². The highest BCUT2D eigenvalue weighted by Gasteiger charge is 2.58. The van der Waals surface area contributed by atoms with Crippen LogP contribution in [0.5, 0.6) is 0 Å². The molecular weight excluding hydrogens is 230 g/mol. The maximum atomic E-state index is 13.8. The lowest BCUT2D eigenvalue weighted by Crippen LogP contribution is -2.47. The molecule has 0 aromatic rings. The molecule has 2 amide bonds. The van der Waals surface area contributed by atoms with Crippen LogP contribution in [0.2, 0.25) is 0 Å². The topological polar surface area (TPSA) is 40.6 Å². The highest BCUT2D eigenvalue weighted by molar-refractivity contribution is 6.36. The highest BCUT2D eigenvalue weighted by Crippen LogP contribution is 2.32. The molecule has 1 saturated heterocycles. The Kier molecular flexibility index (Phi) is 4.42. The van der Waals surface area contributed by atoms with Crippen molar-refractivity contribution >= 4 is 11.8 Å². The Morgan fingerprint density at radius 3 is 1.59 bits per heavy atom. The van der Waals surface area contributed by atoms with Crippen LogP contribution in [0, 0.1) is 0 Å². The van der Waals surface area contributed by atoms with Crippen molar-refractivity contribution in [2.24, 2.45) is 0 Å². The Balaban J connectivity index is 2.80. The number of alkyl halides is 2. The van der Waals surface area contributed by atoms with Gasteiger partial charge in [0.15, 0.2) is 0 Å². The zero-order chi connectivity index (χ0) is 13.1. The minimum atomic E-state index is -3.46. The van der Waals surface area contributed by atoms with Gasteiger partial charge in [0.05, 0.1) is 0 Å². The molecule has 0 bridgehead atoms. The first-order chi connectivity index (χ1) is 7.96. The summed E-state index contributed by atoms with van der Waals surface area (Å²) in [5, 5.41) is 0. The summed E-state index contributed by atoms with van der Waals surface area (Å²) >= 11 is 0. The molecule has 1 fully saturated rings. The Morgan fingerprint density at radius 2 is 1.29 bits per heavy atom. The van der Waals surface area contributed by atoms with Gasteiger partial charge in [-0.3, -0.25) is 19.4 Å². The SMILES string of the molecule is CCCCN1C(=O)C(=O)N(CCCC)C1(F)F. The molecule has 0 radical (unpaired) electrons. The summed E-state index contributed by atoms with van der Waals surface area (Å²) in [7, 11) is 0. The first-order valence-corrected chi connectivity index (χ1v) is 5.98. The van der Waals surface area contributed by atoms with Crippen LogP contribution in [-0.4, -0.2) is 40.9 Å². The van der Waals surface area contributed by atoms with E-state index in [1.165, 1.54) is 0 Å². The number of nitrogens with zero attached hydrogens (tertiary/aromatic N) is 2. The van der Waals surface area contributed by atoms with E-state index in [1.54, 1.807) is 0 Å². The van der Waals surface area contributed by atoms with E-state index >= 15 is 0 Å². The zero-order valence-electron chi connectivity index (χ0n) is 10.2. The number of unbranched alkanes of at least 4 members (excludes halogenated alkanes) is 2. The Labute approximate surface area is 99.6 Å². The van der Waals surface area contributed by atoms with Crippen molar-refractivity contribution in [1.29, 1.82) is 0 Å². The number of rotatable bonds is 6. The summed E-state index contributed by atoms with van der Waals surface area (Å²) in [6.45, 7) is 3.54. The van der Waals surface area contributed by atoms with Gasteiger partial charge in [-0.1, -0.05) is 26.7 Å². The van der Waals surface area contributed by atoms with Crippen LogP contribution in [0.3, 0.4) is 0 Å². The average molecular weight is 248 g/mol. The summed E-state index contributed by atoms with van der Waals surface area (Å²) in [6.07, 6.45) is -1.13. The van der Waals surface area contributed by atoms with E-state index < -0.39 is 18.0 Å². The molecule has 6 heteroatoms. The third-order valence-electron chi connectivity index (χ3n) is 2.79. The second-order valence-corrected chi connectivity index (χ2v) is 4.13. The average Bonchev–Trinajstić information content (AvgIpc) is 2.43. The highest BCUT2D eigenvalue weighted by atomic mass is 19.3. The standard InChI is InChI=1S/C11H18F2N2O2/c1-3-5-7-14-9(16)10(17)15(8-6-4-2)11(14,12)13/h3-8H2,1-2H3. The maximum Gasteiger partial charge on any atom is 0.419 e. The van der Waals surface area contributed by atoms with Gasteiger partial charge in [-0.15, -0.1) is 0 Å². The fourth-order valence-electron chi connectivity index (χ4n) is 1.73. The summed E-state index contributed by atoms with van der Waals surface area (Å²) in [5.41, 5.74) is 0. The number of halogens is 2. The summed E-state index contributed by atoms with van der Waals surface area (Å²) in [6, 6.07) is 0. The molecular formula is C11H18F2N2O2. The zero-order valence-corrected chi connectivity index (χ0v) is 10.2. The van der Waals surface area contributed by atoms with E-state index in [0.29, 0.717) is 35.5 Å². The van der Waals surface area contributed by atoms with E-state index in [4.69, 9.17) is 0 Å². The van der Waals surface area contributed by atoms with Crippen molar-refractivity contribution in [2.45, 2.75) is 45.7 Å². The fraction of sp³-hybridized carbons (Fsp3) is 0.818. The van der Waals surface area contributed by atoms with Gasteiger partial charge in [0.25, 0.3) is 0 Å². The second-order valence-electron chi connectivity index (χ2n) is 4.13. The van der Waals surface area contributed by atoms with Gasteiger partial charge in [0.1, 0.15) is 0 Å². The second kappa shape index (κ2) is 5.42. The Morgan fingerprint density at radius 1 is 0.941 bits per heavy atom. The molecule has 0 aliphatic carbocycles. The van der Waals surface area contributed by atoms with E-state index in [0.717, 1.165) is 0 Å². The predicted octanol–water partition coefficient (Wildman–Crippen LogP) is 1.81. The third kappa shape index (κ3) is 2.56. The number of amides is 2. The Hall–Kier alpha value is -1.20. The minimum Gasteiger partial charge on any atom is -0.263 e. The molecule has 1 heterocycles. The van der Waals surface area contributed by atoms with Crippen molar-refractivity contribution in [2.75, 3.05) is 13.1 Å². The van der Waals surface area contributed by atoms with Gasteiger partial charge in [-0.2, -0.15) is 8.78 Å². The molecule has 17 heavy (non-hydrogen) atoms. The minimum absolute atomic E-state index is 0.0727. The number of hydrogen-bond acceptors (Lipinski definition) is 2. The van der Waals surface area contributed by atoms with Gasteiger partial charge >= 0.3 is 18.0 Å². The van der Waals surface area contributed by atoms with E-state index in [-0.39, 0.29) is 13.1 Å². The molecule has 0 N–H and O–H groups in total. The number of carbonyl (C=O) groups excluding carboxylic acids is 2. The van der Waals surface area contributed by atoms with Gasteiger partial charge in [0, 0.05) is 13.1 Å². The van der Waals surface area contributed by atoms with E-state index in [1.807, 2.05) is 13.8 Å². The third-order valence-corrected chi connectivity index (χ3v) is 2.79. The normalized spacial score (nSPS) is 19.3. The fourth-order valence-corrected chi connectivity index (χ4v) is 1.73. The lowest BCUT2D eigenvalue weighted by atomic mass is 10.3. The first kappa shape index (κ1) is 13.9. The van der Waals surface area contributed by atoms with Crippen LogP contribution in [0.15, 0.2) is 0 Å². The molecule has 0 aromatic heterocycles. The smallest absolute Gasteiger partial charge is 0.263 e. The summed E-state index contributed by atoms with van der Waals surface area (Å²) in [4.78, 5) is 23.7. The van der Waals surface area contributed by atoms with Crippen LogP contribution in [0.25, 0.3) is 0 Å². The monoisotopic (exact) mass is 248 g/mol. The maximum absolute atomic E-state index is 13.8. The predicted molar refractivity (Wildman–Crippen MR) is 58.2 cm³/mol. The van der Waals surface area contributed by atoms with Gasteiger partial charge < -0.3 is 0 Å². The summed E-state index contributed by atoms with van der Waals surface area (Å²) in [5.74, 6) is -2.17. The molecule has 0 saturated carbocycles. The summed E-state index contributed by atoms with van der Waals surface area (Å²) < 4.78 is 27.7. The van der Waals surface area contributed by atoms with Crippen LogP contribution < -0.4 is 0 Å². The molecule has 4 nitrogen and oxygen atoms in total. The van der Waals surface area contributed by atoms with Crippen LogP contribution in [0.4, 0.5) is 8.78 Å². The van der Waals surface area contributed by atoms with Gasteiger partial charge in [-0.25, -0.2) is 0 Å². The Bertz CT molecular complexity index is 280. The van der Waals surface area contributed by atoms with Gasteiger partial charge in [0.2, 0.25) is 0 Å². The molecule has 1 rings (SSSR count).